The number of aliphatic hydroxyl groups is 6. The highest BCUT2D eigenvalue weighted by Gasteiger charge is 2.49. The van der Waals surface area contributed by atoms with Crippen LogP contribution in [0, 0.1) is 0 Å². The van der Waals surface area contributed by atoms with E-state index >= 15 is 0 Å². The molecule has 0 unspecified atom stereocenters. The molecule has 0 spiro atoms. The quantitative estimate of drug-likeness (QED) is 0.0157. The number of rotatable bonds is 65. The minimum absolute atomic E-state index is 0.116. The number of carbonyl (C=O) groups is 3. The van der Waals surface area contributed by atoms with Crippen molar-refractivity contribution in [1.82, 2.24) is 16.0 Å². The van der Waals surface area contributed by atoms with E-state index in [9.17, 15) is 45.0 Å². The van der Waals surface area contributed by atoms with Crippen molar-refractivity contribution in [1.29, 1.82) is 0 Å². The van der Waals surface area contributed by atoms with Crippen LogP contribution >= 0.6 is 0 Å². The molecule has 0 aromatic rings. The SMILES string of the molecule is CCCCCCCCCCCCCC[N+](C)(C)CCC[Si](OCC(CO)(CO)NC(=O)CCCCCCCCCCC)(OCC(CO)(CO)NC(=O)CCCCCCCCCCC)OCC(CO)(CO)NC(=O)CCCCCCCCCCC. The molecule has 0 saturated heterocycles. The molecule has 0 aromatic carbocycles. The van der Waals surface area contributed by atoms with Crippen LogP contribution in [0.4, 0.5) is 0 Å². The van der Waals surface area contributed by atoms with Gasteiger partial charge < -0.3 is 64.4 Å². The standard InChI is InChI=1S/C67H136N4O12Si/c1-7-11-15-19-23-27-28-29-33-37-41-45-50-71(5,6)51-46-52-84(81-59-65(53-72,54-73)68-62(78)47-42-38-34-30-24-20-16-12-8-2,82-60-66(55-74,56-75)69-63(79)48-43-39-35-31-25-21-17-13-9-3)83-61-67(57-76,58-77)70-64(80)49-44-40-36-32-26-22-18-14-10-4/h72-77H,7-61H2,1-6H3,(H2-,68,69,70,78,79,80)/p+1. The smallest absolute Gasteiger partial charge is 0.394 e. The lowest BCUT2D eigenvalue weighted by molar-refractivity contribution is -0.890. The molecule has 84 heavy (non-hydrogen) atoms. The minimum Gasteiger partial charge on any atom is -0.394 e. The van der Waals surface area contributed by atoms with Gasteiger partial charge in [-0.15, -0.1) is 0 Å². The Morgan fingerprint density at radius 1 is 0.321 bits per heavy atom. The highest BCUT2D eigenvalue weighted by atomic mass is 28.4. The molecule has 0 aliphatic heterocycles. The van der Waals surface area contributed by atoms with Crippen molar-refractivity contribution in [2.75, 3.05) is 86.6 Å². The summed E-state index contributed by atoms with van der Waals surface area (Å²) in [5.74, 6) is -1.09. The Bertz CT molecular complexity index is 1380. The van der Waals surface area contributed by atoms with E-state index in [1.807, 2.05) is 0 Å². The fourth-order valence-corrected chi connectivity index (χ4v) is 13.7. The first-order valence-corrected chi connectivity index (χ1v) is 36.9. The van der Waals surface area contributed by atoms with Crippen molar-refractivity contribution in [3.8, 4) is 0 Å². The average molecular weight is 1220 g/mol. The van der Waals surface area contributed by atoms with Gasteiger partial charge in [0, 0.05) is 31.7 Å². The van der Waals surface area contributed by atoms with Gasteiger partial charge in [-0.1, -0.05) is 246 Å². The predicted octanol–water partition coefficient (Wildman–Crippen LogP) is 12.4. The highest BCUT2D eigenvalue weighted by molar-refractivity contribution is 6.60. The molecule has 0 aromatic heterocycles. The molecule has 0 heterocycles. The van der Waals surface area contributed by atoms with Gasteiger partial charge in [-0.3, -0.25) is 14.4 Å². The van der Waals surface area contributed by atoms with Crippen LogP contribution in [-0.2, 0) is 27.7 Å². The topological polar surface area (TPSA) is 236 Å². The molecule has 9 N–H and O–H groups in total. The monoisotopic (exact) mass is 1220 g/mol. The van der Waals surface area contributed by atoms with E-state index in [-0.39, 0.29) is 43.0 Å². The maximum absolute atomic E-state index is 13.6. The summed E-state index contributed by atoms with van der Waals surface area (Å²) >= 11 is 0. The van der Waals surface area contributed by atoms with E-state index in [4.69, 9.17) is 13.3 Å². The summed E-state index contributed by atoms with van der Waals surface area (Å²) in [7, 11) is 0.0140. The van der Waals surface area contributed by atoms with Crippen LogP contribution in [0.3, 0.4) is 0 Å². The Kier molecular flexibility index (Phi) is 53.0. The fourth-order valence-electron chi connectivity index (χ4n) is 10.9. The molecule has 0 bridgehead atoms. The van der Waals surface area contributed by atoms with Gasteiger partial charge >= 0.3 is 8.80 Å². The number of nitrogens with one attached hydrogen (secondary N) is 3. The molecule has 0 rings (SSSR count). The van der Waals surface area contributed by atoms with Crippen molar-refractivity contribution in [2.45, 2.75) is 326 Å². The Morgan fingerprint density at radius 3 is 0.750 bits per heavy atom. The van der Waals surface area contributed by atoms with Crippen LogP contribution in [0.5, 0.6) is 0 Å². The molecule has 0 aliphatic rings. The molecule has 3 amide bonds. The van der Waals surface area contributed by atoms with Gasteiger partial charge in [-0.05, 0) is 32.1 Å². The lowest BCUT2D eigenvalue weighted by Crippen LogP contribution is -2.64. The van der Waals surface area contributed by atoms with E-state index in [0.29, 0.717) is 36.7 Å². The maximum atomic E-state index is 13.6. The van der Waals surface area contributed by atoms with Crippen molar-refractivity contribution >= 4 is 26.5 Å². The van der Waals surface area contributed by atoms with Crippen LogP contribution < -0.4 is 16.0 Å². The van der Waals surface area contributed by atoms with Crippen molar-refractivity contribution in [3.05, 3.63) is 0 Å². The Balaban J connectivity index is 6.82. The Morgan fingerprint density at radius 2 is 0.524 bits per heavy atom. The third-order valence-electron chi connectivity index (χ3n) is 17.1. The lowest BCUT2D eigenvalue weighted by atomic mass is 10.0. The number of carbonyl (C=O) groups excluding carboxylic acids is 3. The van der Waals surface area contributed by atoms with Crippen LogP contribution in [-0.4, -0.2) is 165 Å². The Hall–Kier alpha value is -1.77. The summed E-state index contributed by atoms with van der Waals surface area (Å²) in [6.45, 7) is 4.85. The molecule has 0 saturated carbocycles. The predicted molar refractivity (Wildman–Crippen MR) is 347 cm³/mol. The second-order valence-corrected chi connectivity index (χ2v) is 28.8. The second kappa shape index (κ2) is 54.2. The lowest BCUT2D eigenvalue weighted by Gasteiger charge is -2.41. The third-order valence-corrected chi connectivity index (χ3v) is 19.8. The van der Waals surface area contributed by atoms with Crippen LogP contribution in [0.2, 0.25) is 6.04 Å². The van der Waals surface area contributed by atoms with Gasteiger partial charge in [0.1, 0.15) is 16.6 Å². The van der Waals surface area contributed by atoms with E-state index in [0.717, 1.165) is 77.2 Å². The van der Waals surface area contributed by atoms with Crippen LogP contribution in [0.1, 0.15) is 304 Å². The van der Waals surface area contributed by atoms with Crippen molar-refractivity contribution in [3.63, 3.8) is 0 Å². The zero-order valence-corrected chi connectivity index (χ0v) is 56.5. The van der Waals surface area contributed by atoms with E-state index in [1.54, 1.807) is 0 Å². The molecule has 17 heteroatoms. The molecular formula is C67H137N4O12Si+. The first-order valence-electron chi connectivity index (χ1n) is 34.9. The number of hydrogen-bond donors (Lipinski definition) is 9. The molecule has 16 nitrogen and oxygen atoms in total. The number of hydrogen-bond acceptors (Lipinski definition) is 12. The third kappa shape index (κ3) is 43.0. The highest BCUT2D eigenvalue weighted by Crippen LogP contribution is 2.27. The Labute approximate surface area is 516 Å². The number of nitrogens with zero attached hydrogens (tertiary/aromatic N) is 1. The number of unbranched alkanes of at least 4 members (excludes halogenated alkanes) is 35. The summed E-state index contributed by atoms with van der Waals surface area (Å²) in [5, 5.41) is 74.5. The first kappa shape index (κ1) is 82.2. The molecule has 0 fully saturated rings. The van der Waals surface area contributed by atoms with Crippen molar-refractivity contribution < 1.29 is 62.8 Å². The second-order valence-electron chi connectivity index (χ2n) is 26.1. The van der Waals surface area contributed by atoms with E-state index < -0.39 is 84.9 Å². The number of quaternary nitrogens is 1. The molecule has 0 aliphatic carbocycles. The summed E-state index contributed by atoms with van der Waals surface area (Å²) in [4.78, 5) is 40.8. The molecule has 0 radical (unpaired) electrons. The molecular weight excluding hydrogens is 1080 g/mol. The zero-order valence-electron chi connectivity index (χ0n) is 55.5. The summed E-state index contributed by atoms with van der Waals surface area (Å²) in [6.07, 6.45) is 45.1. The summed E-state index contributed by atoms with van der Waals surface area (Å²) < 4.78 is 21.1. The average Bonchev–Trinajstić information content (AvgIpc) is 3.52. The first-order chi connectivity index (χ1) is 40.6. The van der Waals surface area contributed by atoms with E-state index in [2.05, 4.69) is 57.7 Å². The molecule has 0 atom stereocenters. The van der Waals surface area contributed by atoms with E-state index in [1.165, 1.54) is 161 Å². The van der Waals surface area contributed by atoms with Crippen molar-refractivity contribution in [2.24, 2.45) is 0 Å². The van der Waals surface area contributed by atoms with Gasteiger partial charge in [-0.2, -0.15) is 0 Å². The van der Waals surface area contributed by atoms with Gasteiger partial charge in [0.05, 0.1) is 86.6 Å². The normalized spacial score (nSPS) is 12.6. The fraction of sp³-hybridized carbons (Fsp3) is 0.955. The maximum Gasteiger partial charge on any atom is 0.501 e. The summed E-state index contributed by atoms with van der Waals surface area (Å²) in [5.41, 5.74) is -5.06. The number of aliphatic hydroxyl groups excluding tert-OH is 6. The van der Waals surface area contributed by atoms with Gasteiger partial charge in [0.25, 0.3) is 0 Å². The van der Waals surface area contributed by atoms with Gasteiger partial charge in [0.2, 0.25) is 17.7 Å². The summed E-state index contributed by atoms with van der Waals surface area (Å²) in [6, 6.07) is 0.116. The van der Waals surface area contributed by atoms with Crippen LogP contribution in [0.15, 0.2) is 0 Å². The van der Waals surface area contributed by atoms with Gasteiger partial charge in [0.15, 0.2) is 0 Å². The number of amides is 3. The van der Waals surface area contributed by atoms with Crippen LogP contribution in [0.25, 0.3) is 0 Å². The zero-order chi connectivity index (χ0) is 62.4. The van der Waals surface area contributed by atoms with Gasteiger partial charge in [-0.25, -0.2) is 0 Å². The molecule has 500 valence electrons. The largest absolute Gasteiger partial charge is 0.501 e. The minimum atomic E-state index is -4.33.